The Balaban J connectivity index is 3.33. The van der Waals surface area contributed by atoms with Gasteiger partial charge in [0.25, 0.3) is 0 Å². The van der Waals surface area contributed by atoms with Gasteiger partial charge in [-0.2, -0.15) is 0 Å². The van der Waals surface area contributed by atoms with Crippen molar-refractivity contribution in [2.24, 2.45) is 0 Å². The van der Waals surface area contributed by atoms with Crippen molar-refractivity contribution in [2.75, 3.05) is 12.4 Å². The van der Waals surface area contributed by atoms with Gasteiger partial charge >= 0.3 is 5.97 Å². The van der Waals surface area contributed by atoms with E-state index in [9.17, 15) is 9.18 Å². The van der Waals surface area contributed by atoms with E-state index in [1.54, 1.807) is 0 Å². The molecule has 0 saturated carbocycles. The van der Waals surface area contributed by atoms with Gasteiger partial charge in [-0.3, -0.25) is 0 Å². The van der Waals surface area contributed by atoms with Gasteiger partial charge in [0.15, 0.2) is 11.5 Å². The average Bonchev–Trinajstić information content (AvgIpc) is 2.08. The zero-order valence-electron chi connectivity index (χ0n) is 6.64. The molecule has 0 spiro atoms. The SMILES string of the molecule is CNc1cc(F)c(Br)nc1C(=O)O. The van der Waals surface area contributed by atoms with E-state index in [4.69, 9.17) is 5.11 Å². The third-order valence-electron chi connectivity index (χ3n) is 1.41. The number of anilines is 1. The number of carboxylic acid groups (broad SMARTS) is 1. The Hall–Kier alpha value is -1.17. The molecule has 0 fully saturated rings. The van der Waals surface area contributed by atoms with Crippen molar-refractivity contribution in [2.45, 2.75) is 0 Å². The van der Waals surface area contributed by atoms with Gasteiger partial charge in [0, 0.05) is 13.1 Å². The number of hydrogen-bond acceptors (Lipinski definition) is 3. The molecule has 0 saturated heterocycles. The molecule has 6 heteroatoms. The first-order chi connectivity index (χ1) is 6.06. The van der Waals surface area contributed by atoms with Crippen molar-refractivity contribution >= 4 is 27.6 Å². The minimum atomic E-state index is -1.20. The molecule has 0 radical (unpaired) electrons. The summed E-state index contributed by atoms with van der Waals surface area (Å²) >= 11 is 2.80. The van der Waals surface area contributed by atoms with Crippen molar-refractivity contribution in [1.29, 1.82) is 0 Å². The van der Waals surface area contributed by atoms with Gasteiger partial charge in [0.1, 0.15) is 4.60 Å². The number of carbonyl (C=O) groups is 1. The summed E-state index contributed by atoms with van der Waals surface area (Å²) in [6.07, 6.45) is 0. The summed E-state index contributed by atoms with van der Waals surface area (Å²) in [6.45, 7) is 0. The summed E-state index contributed by atoms with van der Waals surface area (Å²) in [6, 6.07) is 1.07. The second kappa shape index (κ2) is 3.69. The molecular weight excluding hydrogens is 243 g/mol. The van der Waals surface area contributed by atoms with E-state index in [0.29, 0.717) is 0 Å². The fraction of sp³-hybridized carbons (Fsp3) is 0.143. The lowest BCUT2D eigenvalue weighted by Gasteiger charge is -2.04. The second-order valence-corrected chi connectivity index (χ2v) is 2.96. The van der Waals surface area contributed by atoms with E-state index >= 15 is 0 Å². The zero-order chi connectivity index (χ0) is 10.0. The van der Waals surface area contributed by atoms with Crippen LogP contribution >= 0.6 is 15.9 Å². The lowest BCUT2D eigenvalue weighted by Crippen LogP contribution is -2.07. The Kier molecular flexibility index (Phi) is 2.82. The van der Waals surface area contributed by atoms with Crippen LogP contribution in [0.5, 0.6) is 0 Å². The van der Waals surface area contributed by atoms with Crippen molar-refractivity contribution in [1.82, 2.24) is 4.98 Å². The van der Waals surface area contributed by atoms with Crippen LogP contribution in [0.4, 0.5) is 10.1 Å². The maximum Gasteiger partial charge on any atom is 0.356 e. The van der Waals surface area contributed by atoms with Crippen LogP contribution < -0.4 is 5.32 Å². The first-order valence-electron chi connectivity index (χ1n) is 3.33. The lowest BCUT2D eigenvalue weighted by molar-refractivity contribution is 0.0691. The summed E-state index contributed by atoms with van der Waals surface area (Å²) in [4.78, 5) is 14.1. The van der Waals surface area contributed by atoms with Gasteiger partial charge in [-0.05, 0) is 15.9 Å². The first-order valence-corrected chi connectivity index (χ1v) is 4.12. The van der Waals surface area contributed by atoms with Crippen LogP contribution in [0.25, 0.3) is 0 Å². The number of aromatic nitrogens is 1. The zero-order valence-corrected chi connectivity index (χ0v) is 8.22. The number of halogens is 2. The monoisotopic (exact) mass is 248 g/mol. The topological polar surface area (TPSA) is 62.2 Å². The third-order valence-corrected chi connectivity index (χ3v) is 1.96. The highest BCUT2D eigenvalue weighted by molar-refractivity contribution is 9.10. The third kappa shape index (κ3) is 1.95. The van der Waals surface area contributed by atoms with Crippen LogP contribution in [0, 0.1) is 5.82 Å². The van der Waals surface area contributed by atoms with Crippen LogP contribution in [-0.2, 0) is 0 Å². The number of carboxylic acids is 1. The standard InChI is InChI=1S/C7H6BrFN2O2/c1-10-4-2-3(9)6(8)11-5(4)7(12)13/h2,10H,1H3,(H,12,13). The minimum Gasteiger partial charge on any atom is -0.476 e. The van der Waals surface area contributed by atoms with E-state index in [1.165, 1.54) is 7.05 Å². The second-order valence-electron chi connectivity index (χ2n) is 2.21. The highest BCUT2D eigenvalue weighted by Crippen LogP contribution is 2.20. The Labute approximate surface area is 81.9 Å². The van der Waals surface area contributed by atoms with Crippen LogP contribution in [0.15, 0.2) is 10.7 Å². The molecule has 0 aromatic carbocycles. The van der Waals surface area contributed by atoms with Gasteiger partial charge in [-0.25, -0.2) is 14.2 Å². The summed E-state index contributed by atoms with van der Waals surface area (Å²) in [5.74, 6) is -1.81. The summed E-state index contributed by atoms with van der Waals surface area (Å²) in [5.41, 5.74) is -0.0658. The van der Waals surface area contributed by atoms with Crippen molar-refractivity contribution in [3.8, 4) is 0 Å². The molecule has 0 atom stereocenters. The molecular formula is C7H6BrFN2O2. The van der Waals surface area contributed by atoms with Gasteiger partial charge in [-0.15, -0.1) is 0 Å². The molecule has 0 amide bonds. The fourth-order valence-corrected chi connectivity index (χ4v) is 1.11. The highest BCUT2D eigenvalue weighted by atomic mass is 79.9. The maximum atomic E-state index is 12.9. The lowest BCUT2D eigenvalue weighted by atomic mass is 10.3. The van der Waals surface area contributed by atoms with Crippen molar-refractivity contribution in [3.05, 3.63) is 22.2 Å². The molecule has 70 valence electrons. The van der Waals surface area contributed by atoms with Gasteiger partial charge in [0.05, 0.1) is 5.69 Å². The van der Waals surface area contributed by atoms with E-state index in [-0.39, 0.29) is 16.0 Å². The number of nitrogens with zero attached hydrogens (tertiary/aromatic N) is 1. The van der Waals surface area contributed by atoms with Crippen molar-refractivity contribution < 1.29 is 14.3 Å². The van der Waals surface area contributed by atoms with Gasteiger partial charge in [-0.1, -0.05) is 0 Å². The van der Waals surface area contributed by atoms with Crippen LogP contribution in [-0.4, -0.2) is 23.1 Å². The van der Waals surface area contributed by atoms with Crippen LogP contribution in [0.3, 0.4) is 0 Å². The first kappa shape index (κ1) is 9.91. The smallest absolute Gasteiger partial charge is 0.356 e. The molecule has 13 heavy (non-hydrogen) atoms. The molecule has 1 heterocycles. The quantitative estimate of drug-likeness (QED) is 0.783. The Morgan fingerprint density at radius 1 is 1.77 bits per heavy atom. The number of pyridine rings is 1. The average molecular weight is 249 g/mol. The van der Waals surface area contributed by atoms with E-state index in [1.807, 2.05) is 0 Å². The molecule has 0 bridgehead atoms. The number of hydrogen-bond donors (Lipinski definition) is 2. The Morgan fingerprint density at radius 3 is 2.85 bits per heavy atom. The summed E-state index contributed by atoms with van der Waals surface area (Å²) in [7, 11) is 1.50. The summed E-state index contributed by atoms with van der Waals surface area (Å²) < 4.78 is 12.8. The molecule has 0 unspecified atom stereocenters. The molecule has 0 aliphatic carbocycles. The van der Waals surface area contributed by atoms with Gasteiger partial charge < -0.3 is 10.4 Å². The molecule has 4 nitrogen and oxygen atoms in total. The largest absolute Gasteiger partial charge is 0.476 e. The number of aromatic carboxylic acids is 1. The molecule has 2 N–H and O–H groups in total. The molecule has 1 rings (SSSR count). The summed E-state index contributed by atoms with van der Waals surface area (Å²) in [5, 5.41) is 11.2. The van der Waals surface area contributed by atoms with Gasteiger partial charge in [0.2, 0.25) is 0 Å². The number of rotatable bonds is 2. The molecule has 0 aliphatic heterocycles. The predicted molar refractivity (Wildman–Crippen MR) is 48.4 cm³/mol. The fourth-order valence-electron chi connectivity index (χ4n) is 0.820. The Morgan fingerprint density at radius 2 is 2.38 bits per heavy atom. The molecule has 1 aromatic rings. The number of nitrogens with one attached hydrogen (secondary N) is 1. The van der Waals surface area contributed by atoms with E-state index in [2.05, 4.69) is 26.2 Å². The van der Waals surface area contributed by atoms with E-state index in [0.717, 1.165) is 6.07 Å². The van der Waals surface area contributed by atoms with E-state index < -0.39 is 11.8 Å². The predicted octanol–water partition coefficient (Wildman–Crippen LogP) is 1.72. The molecule has 1 aromatic heterocycles. The maximum absolute atomic E-state index is 12.9. The normalized spacial score (nSPS) is 9.77. The Bertz CT molecular complexity index is 357. The highest BCUT2D eigenvalue weighted by Gasteiger charge is 2.14. The van der Waals surface area contributed by atoms with Crippen molar-refractivity contribution in [3.63, 3.8) is 0 Å². The molecule has 0 aliphatic rings. The minimum absolute atomic E-state index is 0.107. The van der Waals surface area contributed by atoms with Crippen LogP contribution in [0.1, 0.15) is 10.5 Å². The van der Waals surface area contributed by atoms with Crippen LogP contribution in [0.2, 0.25) is 0 Å².